The molecule has 1 aromatic heterocycles. The van der Waals surface area contributed by atoms with E-state index in [1.807, 2.05) is 23.7 Å². The zero-order chi connectivity index (χ0) is 13.8. The van der Waals surface area contributed by atoms with E-state index >= 15 is 0 Å². The number of aliphatic hydroxyl groups excluding tert-OH is 1. The van der Waals surface area contributed by atoms with Crippen LogP contribution < -0.4 is 0 Å². The van der Waals surface area contributed by atoms with E-state index in [-0.39, 0.29) is 6.61 Å². The smallest absolute Gasteiger partial charge is 0.168 e. The molecule has 2 aromatic rings. The molecule has 6 heteroatoms. The fourth-order valence-electron chi connectivity index (χ4n) is 1.58. The average molecular weight is 338 g/mol. The monoisotopic (exact) mass is 337 g/mol. The molecule has 0 saturated heterocycles. The molecule has 0 fully saturated rings. The van der Waals surface area contributed by atoms with Crippen molar-refractivity contribution in [2.24, 2.45) is 7.05 Å². The average Bonchev–Trinajstić information content (AvgIpc) is 2.78. The van der Waals surface area contributed by atoms with Crippen molar-refractivity contribution >= 4 is 27.7 Å². The van der Waals surface area contributed by atoms with Gasteiger partial charge in [0.25, 0.3) is 0 Å². The van der Waals surface area contributed by atoms with Crippen molar-refractivity contribution in [1.29, 1.82) is 5.26 Å². The van der Waals surface area contributed by atoms with E-state index < -0.39 is 0 Å². The molecule has 1 aromatic carbocycles. The Bertz CT molecular complexity index is 633. The highest BCUT2D eigenvalue weighted by molar-refractivity contribution is 9.10. The Hall–Kier alpha value is -1.29. The number of hydrogen-bond donors (Lipinski definition) is 1. The second-order valence-electron chi connectivity index (χ2n) is 3.96. The molecule has 1 heterocycles. The number of thioether (sulfide) groups is 1. The topological polar surface area (TPSA) is 61.8 Å². The molecule has 1 N–H and O–H groups in total. The van der Waals surface area contributed by atoms with Crippen LogP contribution in [0.4, 0.5) is 0 Å². The van der Waals surface area contributed by atoms with E-state index in [2.05, 4.69) is 27.0 Å². The van der Waals surface area contributed by atoms with Crippen molar-refractivity contribution < 1.29 is 5.11 Å². The lowest BCUT2D eigenvalue weighted by Crippen LogP contribution is -1.97. The van der Waals surface area contributed by atoms with E-state index in [1.54, 1.807) is 24.0 Å². The van der Waals surface area contributed by atoms with Gasteiger partial charge in [-0.25, -0.2) is 4.98 Å². The van der Waals surface area contributed by atoms with Crippen LogP contribution in [0, 0.1) is 11.3 Å². The lowest BCUT2D eigenvalue weighted by atomic mass is 10.2. The first kappa shape index (κ1) is 14.1. The molecule has 0 saturated carbocycles. The predicted octanol–water partition coefficient (Wildman–Crippen LogP) is 2.84. The maximum Gasteiger partial charge on any atom is 0.168 e. The zero-order valence-electron chi connectivity index (χ0n) is 10.3. The Labute approximate surface area is 124 Å². The lowest BCUT2D eigenvalue weighted by molar-refractivity contribution is 0.271. The van der Waals surface area contributed by atoms with Gasteiger partial charge >= 0.3 is 0 Å². The van der Waals surface area contributed by atoms with Crippen LogP contribution >= 0.6 is 27.7 Å². The number of rotatable bonds is 4. The number of nitriles is 1. The Morgan fingerprint density at radius 3 is 2.89 bits per heavy atom. The first-order chi connectivity index (χ1) is 9.15. The number of hydrogen-bond acceptors (Lipinski definition) is 4. The standard InChI is InChI=1S/C13H12BrN3OS/c1-17-11(7-18)6-16-13(17)19-8-10-3-2-9(5-15)4-12(10)14/h2-4,6,18H,7-8H2,1H3. The molecule has 0 amide bonds. The highest BCUT2D eigenvalue weighted by Crippen LogP contribution is 2.27. The molecule has 4 nitrogen and oxygen atoms in total. The number of benzene rings is 1. The zero-order valence-corrected chi connectivity index (χ0v) is 12.7. The van der Waals surface area contributed by atoms with Crippen LogP contribution in [-0.2, 0) is 19.4 Å². The summed E-state index contributed by atoms with van der Waals surface area (Å²) in [6, 6.07) is 7.66. The summed E-state index contributed by atoms with van der Waals surface area (Å²) < 4.78 is 2.80. The predicted molar refractivity (Wildman–Crippen MR) is 77.5 cm³/mol. The van der Waals surface area contributed by atoms with Gasteiger partial charge in [-0.05, 0) is 17.7 Å². The van der Waals surface area contributed by atoms with Crippen molar-refractivity contribution in [2.45, 2.75) is 17.5 Å². The third-order valence-corrected chi connectivity index (χ3v) is 4.57. The van der Waals surface area contributed by atoms with Crippen molar-refractivity contribution in [3.05, 3.63) is 45.7 Å². The van der Waals surface area contributed by atoms with Crippen LogP contribution in [0.25, 0.3) is 0 Å². The van der Waals surface area contributed by atoms with E-state index in [0.29, 0.717) is 5.56 Å². The Morgan fingerprint density at radius 1 is 1.53 bits per heavy atom. The van der Waals surface area contributed by atoms with Crippen molar-refractivity contribution in [3.63, 3.8) is 0 Å². The molecule has 19 heavy (non-hydrogen) atoms. The number of aliphatic hydroxyl groups is 1. The second kappa shape index (κ2) is 6.24. The summed E-state index contributed by atoms with van der Waals surface area (Å²) in [4.78, 5) is 4.26. The molecule has 0 unspecified atom stereocenters. The summed E-state index contributed by atoms with van der Waals surface area (Å²) in [7, 11) is 1.88. The van der Waals surface area contributed by atoms with Crippen LogP contribution in [-0.4, -0.2) is 14.7 Å². The quantitative estimate of drug-likeness (QED) is 0.871. The van der Waals surface area contributed by atoms with Gasteiger partial charge in [-0.15, -0.1) is 0 Å². The number of imidazole rings is 1. The maximum atomic E-state index is 9.11. The van der Waals surface area contributed by atoms with E-state index in [0.717, 1.165) is 26.6 Å². The fraction of sp³-hybridized carbons (Fsp3) is 0.231. The summed E-state index contributed by atoms with van der Waals surface area (Å²) >= 11 is 5.06. The number of aromatic nitrogens is 2. The molecule has 2 rings (SSSR count). The highest BCUT2D eigenvalue weighted by atomic mass is 79.9. The molecule has 0 bridgehead atoms. The van der Waals surface area contributed by atoms with Crippen LogP contribution in [0.1, 0.15) is 16.8 Å². The summed E-state index contributed by atoms with van der Waals surface area (Å²) in [5.74, 6) is 0.752. The summed E-state index contributed by atoms with van der Waals surface area (Å²) in [5, 5.41) is 18.8. The second-order valence-corrected chi connectivity index (χ2v) is 5.75. The summed E-state index contributed by atoms with van der Waals surface area (Å²) in [5.41, 5.74) is 2.54. The van der Waals surface area contributed by atoms with Gasteiger partial charge in [-0.3, -0.25) is 0 Å². The van der Waals surface area contributed by atoms with Crippen LogP contribution in [0.15, 0.2) is 34.0 Å². The number of halogens is 1. The van der Waals surface area contributed by atoms with Gasteiger partial charge in [0.15, 0.2) is 5.16 Å². The van der Waals surface area contributed by atoms with Gasteiger partial charge in [-0.1, -0.05) is 33.8 Å². The van der Waals surface area contributed by atoms with Crippen molar-refractivity contribution in [3.8, 4) is 6.07 Å². The van der Waals surface area contributed by atoms with Crippen LogP contribution in [0.3, 0.4) is 0 Å². The van der Waals surface area contributed by atoms with E-state index in [9.17, 15) is 0 Å². The van der Waals surface area contributed by atoms with Crippen molar-refractivity contribution in [1.82, 2.24) is 9.55 Å². The van der Waals surface area contributed by atoms with E-state index in [1.165, 1.54) is 0 Å². The Morgan fingerprint density at radius 2 is 2.32 bits per heavy atom. The van der Waals surface area contributed by atoms with Gasteiger partial charge in [0.1, 0.15) is 0 Å². The molecule has 0 radical (unpaired) electrons. The SMILES string of the molecule is Cn1c(CO)cnc1SCc1ccc(C#N)cc1Br. The summed E-state index contributed by atoms with van der Waals surface area (Å²) in [6.45, 7) is -0.00930. The van der Waals surface area contributed by atoms with E-state index in [4.69, 9.17) is 10.4 Å². The van der Waals surface area contributed by atoms with Crippen LogP contribution in [0.5, 0.6) is 0 Å². The van der Waals surface area contributed by atoms with Gasteiger partial charge in [0, 0.05) is 17.3 Å². The third-order valence-electron chi connectivity index (χ3n) is 2.74. The molecular formula is C13H12BrN3OS. The molecular weight excluding hydrogens is 326 g/mol. The minimum absolute atomic E-state index is 0.00930. The minimum atomic E-state index is -0.00930. The molecule has 0 aliphatic rings. The normalized spacial score (nSPS) is 10.4. The van der Waals surface area contributed by atoms with Gasteiger partial charge in [0.05, 0.1) is 30.1 Å². The molecule has 0 spiro atoms. The molecule has 98 valence electrons. The number of nitrogens with zero attached hydrogens (tertiary/aromatic N) is 3. The first-order valence-corrected chi connectivity index (χ1v) is 7.36. The lowest BCUT2D eigenvalue weighted by Gasteiger charge is -2.06. The van der Waals surface area contributed by atoms with Crippen LogP contribution in [0.2, 0.25) is 0 Å². The Balaban J connectivity index is 2.10. The fourth-order valence-corrected chi connectivity index (χ4v) is 3.26. The highest BCUT2D eigenvalue weighted by Gasteiger charge is 2.08. The van der Waals surface area contributed by atoms with Gasteiger partial charge in [-0.2, -0.15) is 5.26 Å². The molecule has 0 aliphatic heterocycles. The largest absolute Gasteiger partial charge is 0.390 e. The van der Waals surface area contributed by atoms with Gasteiger partial charge in [0.2, 0.25) is 0 Å². The molecule has 0 atom stereocenters. The summed E-state index contributed by atoms with van der Waals surface area (Å²) in [6.07, 6.45) is 1.68. The minimum Gasteiger partial charge on any atom is -0.390 e. The molecule has 0 aliphatic carbocycles. The maximum absolute atomic E-state index is 9.11. The first-order valence-electron chi connectivity index (χ1n) is 5.58. The third kappa shape index (κ3) is 3.18. The van der Waals surface area contributed by atoms with Gasteiger partial charge < -0.3 is 9.67 Å². The van der Waals surface area contributed by atoms with Crippen molar-refractivity contribution in [2.75, 3.05) is 0 Å². The Kier molecular flexibility index (Phi) is 4.64.